The van der Waals surface area contributed by atoms with Gasteiger partial charge in [-0.25, -0.2) is 4.90 Å². The fourth-order valence-electron chi connectivity index (χ4n) is 5.14. The molecule has 1 aromatic carbocycles. The smallest absolute Gasteiger partial charge is 0.357 e. The van der Waals surface area contributed by atoms with Gasteiger partial charge in [0.25, 0.3) is 0 Å². The summed E-state index contributed by atoms with van der Waals surface area (Å²) in [5, 5.41) is 9.02. The van der Waals surface area contributed by atoms with E-state index in [1.807, 2.05) is 19.0 Å². The number of benzene rings is 1. The lowest BCUT2D eigenvalue weighted by Gasteiger charge is -2.35. The Labute approximate surface area is 171 Å². The Kier molecular flexibility index (Phi) is 4.06. The second-order valence-electron chi connectivity index (χ2n) is 8.69. The molecule has 9 heteroatoms. The molecule has 2 bridgehead atoms. The molecule has 2 fully saturated rings. The third-order valence-corrected chi connectivity index (χ3v) is 6.55. The number of hydrogen-bond donors (Lipinski definition) is 0. The Morgan fingerprint density at radius 3 is 2.47 bits per heavy atom. The minimum Gasteiger partial charge on any atom is -0.357 e. The number of nitrogens with zero attached hydrogens (tertiary/aromatic N) is 3. The highest BCUT2D eigenvalue weighted by atomic mass is 19.4. The number of amides is 2. The number of rotatable bonds is 3. The molecule has 2 saturated heterocycles. The normalized spacial score (nSPS) is 34.8. The second-order valence-corrected chi connectivity index (χ2v) is 8.69. The molecule has 4 atom stereocenters. The van der Waals surface area contributed by atoms with E-state index in [1.165, 1.54) is 12.1 Å². The van der Waals surface area contributed by atoms with Crippen LogP contribution in [0.3, 0.4) is 0 Å². The average molecular weight is 419 g/mol. The first-order chi connectivity index (χ1) is 13.8. The van der Waals surface area contributed by atoms with Crippen LogP contribution < -0.4 is 4.90 Å². The van der Waals surface area contributed by atoms with Crippen molar-refractivity contribution < 1.29 is 27.5 Å². The predicted octanol–water partition coefficient (Wildman–Crippen LogP) is 2.73. The molecule has 30 heavy (non-hydrogen) atoms. The summed E-state index contributed by atoms with van der Waals surface area (Å²) in [5.41, 5.74) is -5.33. The van der Waals surface area contributed by atoms with Gasteiger partial charge < -0.3 is 9.64 Å². The Morgan fingerprint density at radius 1 is 1.23 bits per heavy atom. The van der Waals surface area contributed by atoms with Crippen LogP contribution in [0.25, 0.3) is 0 Å². The van der Waals surface area contributed by atoms with Gasteiger partial charge in [0.05, 0.1) is 39.8 Å². The Morgan fingerprint density at radius 2 is 1.90 bits per heavy atom. The molecule has 158 valence electrons. The van der Waals surface area contributed by atoms with Crippen LogP contribution in [0.1, 0.15) is 25.0 Å². The van der Waals surface area contributed by atoms with Crippen LogP contribution >= 0.6 is 0 Å². The van der Waals surface area contributed by atoms with Gasteiger partial charge in [-0.15, -0.1) is 0 Å². The lowest BCUT2D eigenvalue weighted by molar-refractivity contribution is -0.138. The predicted molar refractivity (Wildman–Crippen MR) is 100 cm³/mol. The van der Waals surface area contributed by atoms with E-state index in [0.29, 0.717) is 12.6 Å². The summed E-state index contributed by atoms with van der Waals surface area (Å²) in [6, 6.07) is 4.38. The van der Waals surface area contributed by atoms with E-state index in [0.717, 1.165) is 11.0 Å². The first-order valence-corrected chi connectivity index (χ1v) is 9.36. The SMILES string of the molecule is CN(C)CC12C=CC(C)(O1)[C@@]1(C)C(=O)N(c3ccc(C#N)c(C(F)(F)F)c3)C(=O)[C@@H]21. The van der Waals surface area contributed by atoms with Crippen molar-refractivity contribution in [1.82, 2.24) is 4.90 Å². The molecule has 0 radical (unpaired) electrons. The Hall–Kier alpha value is -2.70. The molecule has 0 spiro atoms. The maximum atomic E-state index is 13.5. The summed E-state index contributed by atoms with van der Waals surface area (Å²) in [6.45, 7) is 3.69. The maximum absolute atomic E-state index is 13.5. The van der Waals surface area contributed by atoms with Gasteiger partial charge in [-0.1, -0.05) is 12.2 Å². The highest BCUT2D eigenvalue weighted by molar-refractivity contribution is 6.25. The standard InChI is InChI=1S/C21H20F3N3O3/c1-18-7-8-20(30-18,11-26(3)4)15-16(28)27(17(29)19(15,18)2)13-6-5-12(10-25)14(9-13)21(22,23)24/h5-9,15H,11H2,1-4H3/t15-,18?,19-,20?/m1/s1. The van der Waals surface area contributed by atoms with Crippen LogP contribution in [0.4, 0.5) is 18.9 Å². The van der Waals surface area contributed by atoms with Crippen molar-refractivity contribution in [3.63, 3.8) is 0 Å². The molecule has 4 rings (SSSR count). The minimum atomic E-state index is -4.80. The second kappa shape index (κ2) is 5.93. The van der Waals surface area contributed by atoms with Crippen molar-refractivity contribution >= 4 is 17.5 Å². The zero-order valence-electron chi connectivity index (χ0n) is 16.9. The molecule has 0 saturated carbocycles. The first kappa shape index (κ1) is 20.6. The van der Waals surface area contributed by atoms with E-state index in [9.17, 15) is 22.8 Å². The largest absolute Gasteiger partial charge is 0.417 e. The number of carbonyl (C=O) groups is 2. The van der Waals surface area contributed by atoms with Crippen molar-refractivity contribution in [2.24, 2.45) is 11.3 Å². The number of halogens is 3. The number of imide groups is 1. The molecule has 3 aliphatic rings. The van der Waals surface area contributed by atoms with Gasteiger partial charge in [-0.05, 0) is 46.1 Å². The van der Waals surface area contributed by atoms with Gasteiger partial charge in [-0.2, -0.15) is 18.4 Å². The van der Waals surface area contributed by atoms with Crippen LogP contribution in [0.2, 0.25) is 0 Å². The van der Waals surface area contributed by atoms with Crippen molar-refractivity contribution in [2.75, 3.05) is 25.5 Å². The van der Waals surface area contributed by atoms with Gasteiger partial charge in [0, 0.05) is 6.54 Å². The quantitative estimate of drug-likeness (QED) is 0.557. The van der Waals surface area contributed by atoms with E-state index in [-0.39, 0.29) is 5.69 Å². The van der Waals surface area contributed by atoms with E-state index in [4.69, 9.17) is 10.00 Å². The average Bonchev–Trinajstić information content (AvgIpc) is 3.15. The minimum absolute atomic E-state index is 0.199. The third kappa shape index (κ3) is 2.38. The van der Waals surface area contributed by atoms with Crippen LogP contribution in [0.5, 0.6) is 0 Å². The monoisotopic (exact) mass is 419 g/mol. The summed E-state index contributed by atoms with van der Waals surface area (Å²) in [4.78, 5) is 29.6. The number of fused-ring (bicyclic) bond motifs is 5. The van der Waals surface area contributed by atoms with Gasteiger partial charge in [0.2, 0.25) is 11.8 Å². The van der Waals surface area contributed by atoms with Gasteiger partial charge >= 0.3 is 6.18 Å². The molecule has 0 aliphatic carbocycles. The lowest BCUT2D eigenvalue weighted by Crippen LogP contribution is -2.50. The molecule has 1 aromatic rings. The van der Waals surface area contributed by atoms with Crippen molar-refractivity contribution in [3.05, 3.63) is 41.5 Å². The number of anilines is 1. The molecule has 3 heterocycles. The third-order valence-electron chi connectivity index (χ3n) is 6.55. The van der Waals surface area contributed by atoms with Crippen molar-refractivity contribution in [1.29, 1.82) is 5.26 Å². The van der Waals surface area contributed by atoms with Gasteiger partial charge in [-0.3, -0.25) is 9.59 Å². The zero-order chi connectivity index (χ0) is 22.3. The van der Waals surface area contributed by atoms with Crippen LogP contribution in [-0.4, -0.2) is 48.6 Å². The van der Waals surface area contributed by atoms with Crippen molar-refractivity contribution in [3.8, 4) is 6.07 Å². The number of alkyl halides is 3. The highest BCUT2D eigenvalue weighted by Crippen LogP contribution is 2.64. The Balaban J connectivity index is 1.85. The molecule has 6 nitrogen and oxygen atoms in total. The molecule has 0 N–H and O–H groups in total. The summed E-state index contributed by atoms with van der Waals surface area (Å²) >= 11 is 0. The zero-order valence-corrected chi connectivity index (χ0v) is 16.9. The summed E-state index contributed by atoms with van der Waals surface area (Å²) in [5.74, 6) is -2.09. The number of likely N-dealkylation sites (N-methyl/N-ethyl adjacent to an activating group) is 1. The summed E-state index contributed by atoms with van der Waals surface area (Å²) in [7, 11) is 3.62. The van der Waals surface area contributed by atoms with E-state index < -0.39 is 51.7 Å². The number of hydrogen-bond acceptors (Lipinski definition) is 5. The maximum Gasteiger partial charge on any atom is 0.417 e. The van der Waals surface area contributed by atoms with E-state index >= 15 is 0 Å². The first-order valence-electron chi connectivity index (χ1n) is 9.36. The number of ether oxygens (including phenoxy) is 1. The van der Waals surface area contributed by atoms with E-state index in [1.54, 1.807) is 26.0 Å². The fraction of sp³-hybridized carbons (Fsp3) is 0.476. The van der Waals surface area contributed by atoms with Crippen LogP contribution in [0.15, 0.2) is 30.4 Å². The number of nitriles is 1. The molecule has 2 unspecified atom stereocenters. The summed E-state index contributed by atoms with van der Waals surface area (Å²) in [6.07, 6.45) is -1.25. The molecule has 2 amide bonds. The highest BCUT2D eigenvalue weighted by Gasteiger charge is 2.78. The van der Waals surface area contributed by atoms with Gasteiger partial charge in [0.15, 0.2) is 0 Å². The van der Waals surface area contributed by atoms with Crippen LogP contribution in [-0.2, 0) is 20.5 Å². The van der Waals surface area contributed by atoms with Crippen LogP contribution in [0, 0.1) is 22.7 Å². The van der Waals surface area contributed by atoms with Crippen molar-refractivity contribution in [2.45, 2.75) is 31.2 Å². The molecular formula is C21H20F3N3O3. The Bertz CT molecular complexity index is 1040. The summed E-state index contributed by atoms with van der Waals surface area (Å²) < 4.78 is 46.5. The number of carbonyl (C=O) groups excluding carboxylic acids is 2. The fourth-order valence-corrected chi connectivity index (χ4v) is 5.14. The molecular weight excluding hydrogens is 399 g/mol. The molecule has 0 aromatic heterocycles. The lowest BCUT2D eigenvalue weighted by atomic mass is 9.62. The molecule has 3 aliphatic heterocycles. The van der Waals surface area contributed by atoms with Gasteiger partial charge in [0.1, 0.15) is 5.60 Å². The topological polar surface area (TPSA) is 73.6 Å². The van der Waals surface area contributed by atoms with E-state index in [2.05, 4.69) is 0 Å².